The fourth-order valence-corrected chi connectivity index (χ4v) is 5.73. The number of rotatable bonds is 28. The van der Waals surface area contributed by atoms with Crippen molar-refractivity contribution in [2.75, 3.05) is 0 Å². The van der Waals surface area contributed by atoms with Gasteiger partial charge in [0.15, 0.2) is 0 Å². The average Bonchev–Trinajstić information content (AvgIpc) is 2.82. The Bertz CT molecular complexity index is 301. The highest BCUT2D eigenvalue weighted by Crippen LogP contribution is 2.31. The highest BCUT2D eigenvalue weighted by atomic mass is 14.2. The van der Waals surface area contributed by atoms with Crippen molar-refractivity contribution in [1.82, 2.24) is 0 Å². The first-order valence-electron chi connectivity index (χ1n) is 16.3. The summed E-state index contributed by atoms with van der Waals surface area (Å²) in [5, 5.41) is 0. The zero-order chi connectivity index (χ0) is 24.2. The van der Waals surface area contributed by atoms with Crippen molar-refractivity contribution >= 4 is 0 Å². The Morgan fingerprint density at radius 1 is 0.273 bits per heavy atom. The summed E-state index contributed by atoms with van der Waals surface area (Å²) in [6.45, 7) is 9.35. The van der Waals surface area contributed by atoms with Gasteiger partial charge in [-0.15, -0.1) is 0 Å². The lowest BCUT2D eigenvalue weighted by Gasteiger charge is -2.24. The minimum absolute atomic E-state index is 1.03. The second-order valence-electron chi connectivity index (χ2n) is 11.5. The molecule has 0 aliphatic heterocycles. The second-order valence-corrected chi connectivity index (χ2v) is 11.5. The van der Waals surface area contributed by atoms with Crippen LogP contribution in [0.15, 0.2) is 0 Å². The summed E-state index contributed by atoms with van der Waals surface area (Å²) < 4.78 is 0. The zero-order valence-electron chi connectivity index (χ0n) is 24.2. The molecule has 0 radical (unpaired) electrons. The molecule has 0 aromatic rings. The molecular weight excluding hydrogens is 396 g/mol. The smallest absolute Gasteiger partial charge is 0.0412 e. The van der Waals surface area contributed by atoms with Crippen LogP contribution in [0.3, 0.4) is 0 Å². The van der Waals surface area contributed by atoms with E-state index in [4.69, 9.17) is 0 Å². The summed E-state index contributed by atoms with van der Waals surface area (Å²) in [7, 11) is 0. The van der Waals surface area contributed by atoms with E-state index in [0.29, 0.717) is 0 Å². The molecule has 0 heteroatoms. The fraction of sp³-hybridized carbons (Fsp3) is 1.00. The average molecular weight is 465 g/mol. The van der Waals surface area contributed by atoms with Crippen LogP contribution in [-0.4, -0.2) is 0 Å². The lowest BCUT2D eigenvalue weighted by molar-refractivity contribution is 0.282. The van der Waals surface area contributed by atoms with E-state index in [1.165, 1.54) is 167 Å². The summed E-state index contributed by atoms with van der Waals surface area (Å²) >= 11 is 0. The first-order chi connectivity index (χ1) is 16.3. The van der Waals surface area contributed by atoms with Gasteiger partial charge >= 0.3 is 0 Å². The van der Waals surface area contributed by atoms with Gasteiger partial charge in [0.05, 0.1) is 0 Å². The predicted octanol–water partition coefficient (Wildman–Crippen LogP) is 12.8. The molecule has 0 saturated heterocycles. The van der Waals surface area contributed by atoms with Gasteiger partial charge < -0.3 is 0 Å². The van der Waals surface area contributed by atoms with Crippen molar-refractivity contribution in [2.24, 2.45) is 11.8 Å². The first kappa shape index (κ1) is 33.0. The van der Waals surface area contributed by atoms with E-state index in [0.717, 1.165) is 11.8 Å². The predicted molar refractivity (Wildman–Crippen MR) is 154 cm³/mol. The Morgan fingerprint density at radius 3 is 0.727 bits per heavy atom. The Morgan fingerprint density at radius 2 is 0.485 bits per heavy atom. The molecule has 0 fully saturated rings. The molecule has 0 heterocycles. The molecule has 0 amide bonds. The Hall–Kier alpha value is 0. The molecule has 0 aromatic heterocycles. The normalized spacial score (nSPS) is 13.5. The molecule has 0 aromatic carbocycles. The highest BCUT2D eigenvalue weighted by Gasteiger charge is 2.16. The van der Waals surface area contributed by atoms with Crippen LogP contribution in [0.25, 0.3) is 0 Å². The van der Waals surface area contributed by atoms with E-state index in [2.05, 4.69) is 27.7 Å². The van der Waals surface area contributed by atoms with E-state index in [-0.39, 0.29) is 0 Å². The molecule has 0 bridgehead atoms. The van der Waals surface area contributed by atoms with Gasteiger partial charge in [-0.05, 0) is 18.3 Å². The van der Waals surface area contributed by atoms with Gasteiger partial charge in [-0.2, -0.15) is 0 Å². The van der Waals surface area contributed by atoms with E-state index >= 15 is 0 Å². The highest BCUT2D eigenvalue weighted by molar-refractivity contribution is 4.69. The molecule has 0 nitrogen and oxygen atoms in total. The van der Waals surface area contributed by atoms with Crippen molar-refractivity contribution in [1.29, 1.82) is 0 Å². The molecular formula is C33H68. The summed E-state index contributed by atoms with van der Waals surface area (Å²) in [6, 6.07) is 0. The molecule has 0 saturated carbocycles. The number of unbranched alkanes of at least 4 members (excludes halogenated alkanes) is 18. The quantitative estimate of drug-likeness (QED) is 0.101. The van der Waals surface area contributed by atoms with Crippen molar-refractivity contribution in [3.8, 4) is 0 Å². The molecule has 2 unspecified atom stereocenters. The van der Waals surface area contributed by atoms with Crippen LogP contribution in [0.1, 0.15) is 201 Å². The van der Waals surface area contributed by atoms with Gasteiger partial charge in [0.2, 0.25) is 0 Å². The van der Waals surface area contributed by atoms with Crippen LogP contribution in [0.4, 0.5) is 0 Å². The first-order valence-corrected chi connectivity index (χ1v) is 16.3. The molecule has 0 rings (SSSR count). The molecule has 200 valence electrons. The Labute approximate surface area is 212 Å². The third-order valence-electron chi connectivity index (χ3n) is 8.03. The van der Waals surface area contributed by atoms with Gasteiger partial charge in [-0.25, -0.2) is 0 Å². The minimum Gasteiger partial charge on any atom is -0.0654 e. The molecule has 0 N–H and O–H groups in total. The van der Waals surface area contributed by atoms with E-state index in [1.807, 2.05) is 0 Å². The third-order valence-corrected chi connectivity index (χ3v) is 8.03. The maximum atomic E-state index is 2.34. The zero-order valence-corrected chi connectivity index (χ0v) is 24.2. The molecule has 0 aliphatic carbocycles. The van der Waals surface area contributed by atoms with Crippen LogP contribution in [0.5, 0.6) is 0 Å². The Kier molecular flexibility index (Phi) is 28.2. The molecule has 2 atom stereocenters. The van der Waals surface area contributed by atoms with E-state index in [9.17, 15) is 0 Å². The van der Waals surface area contributed by atoms with E-state index in [1.54, 1.807) is 6.42 Å². The van der Waals surface area contributed by atoms with Crippen molar-refractivity contribution in [3.05, 3.63) is 0 Å². The summed E-state index contributed by atoms with van der Waals surface area (Å²) in [5.74, 6) is 2.05. The minimum atomic E-state index is 1.03. The monoisotopic (exact) mass is 465 g/mol. The van der Waals surface area contributed by atoms with E-state index < -0.39 is 0 Å². The number of hydrogen-bond acceptors (Lipinski definition) is 0. The largest absolute Gasteiger partial charge is 0.0654 e. The maximum Gasteiger partial charge on any atom is -0.0412 e. The van der Waals surface area contributed by atoms with Gasteiger partial charge in [0, 0.05) is 0 Å². The molecule has 0 spiro atoms. The second kappa shape index (κ2) is 28.2. The third kappa shape index (κ3) is 24.9. The van der Waals surface area contributed by atoms with Crippen LogP contribution in [0.2, 0.25) is 0 Å². The lowest BCUT2D eigenvalue weighted by atomic mass is 9.82. The standard InChI is InChI=1S/C33H68/c1-5-9-13-17-21-25-29-32(27-23-19-15-11-7-3)31-33(28-24-20-16-12-8-4)30-26-22-18-14-10-6-2/h32-33H,5-31H2,1-4H3. The van der Waals surface area contributed by atoms with Gasteiger partial charge in [0.1, 0.15) is 0 Å². The topological polar surface area (TPSA) is 0 Å². The summed E-state index contributed by atoms with van der Waals surface area (Å²) in [5.41, 5.74) is 0. The van der Waals surface area contributed by atoms with Crippen molar-refractivity contribution in [2.45, 2.75) is 201 Å². The van der Waals surface area contributed by atoms with Gasteiger partial charge in [-0.3, -0.25) is 0 Å². The lowest BCUT2D eigenvalue weighted by Crippen LogP contribution is -2.11. The fourth-order valence-electron chi connectivity index (χ4n) is 5.73. The molecule has 33 heavy (non-hydrogen) atoms. The molecule has 0 aliphatic rings. The van der Waals surface area contributed by atoms with Gasteiger partial charge in [-0.1, -0.05) is 195 Å². The maximum absolute atomic E-state index is 2.34. The van der Waals surface area contributed by atoms with Gasteiger partial charge in [0.25, 0.3) is 0 Å². The van der Waals surface area contributed by atoms with Crippen LogP contribution >= 0.6 is 0 Å². The Balaban J connectivity index is 4.54. The van der Waals surface area contributed by atoms with Crippen molar-refractivity contribution in [3.63, 3.8) is 0 Å². The number of hydrogen-bond donors (Lipinski definition) is 0. The van der Waals surface area contributed by atoms with Crippen molar-refractivity contribution < 1.29 is 0 Å². The summed E-state index contributed by atoms with van der Waals surface area (Å²) in [6.07, 6.45) is 39.8. The van der Waals surface area contributed by atoms with Crippen LogP contribution in [0, 0.1) is 11.8 Å². The van der Waals surface area contributed by atoms with Crippen LogP contribution < -0.4 is 0 Å². The van der Waals surface area contributed by atoms with Crippen LogP contribution in [-0.2, 0) is 0 Å². The summed E-state index contributed by atoms with van der Waals surface area (Å²) in [4.78, 5) is 0. The SMILES string of the molecule is CCCCCCCCC(CCCCCCC)CC(CCCCCCC)CCCCCCCC.